The molecule has 1 fully saturated rings. The predicted octanol–water partition coefficient (Wildman–Crippen LogP) is 1.07. The molecule has 0 bridgehead atoms. The molecule has 6 nitrogen and oxygen atoms in total. The number of anilines is 1. The molecule has 0 saturated carbocycles. The van der Waals surface area contributed by atoms with E-state index in [2.05, 4.69) is 5.32 Å². The van der Waals surface area contributed by atoms with Crippen molar-refractivity contribution in [2.45, 2.75) is 11.3 Å². The zero-order chi connectivity index (χ0) is 13.6. The molecule has 0 aliphatic carbocycles. The molecular formula is C11H11ClN2O4S. The molecule has 0 unspecified atom stereocenters. The molecule has 1 saturated heterocycles. The van der Waals surface area contributed by atoms with Crippen LogP contribution in [0.15, 0.2) is 17.0 Å². The van der Waals surface area contributed by atoms with Crippen LogP contribution in [0, 0.1) is 0 Å². The number of ether oxygens (including phenoxy) is 1. The van der Waals surface area contributed by atoms with Crippen molar-refractivity contribution in [3.8, 4) is 5.75 Å². The Morgan fingerprint density at radius 3 is 2.68 bits per heavy atom. The number of nitrogens with one attached hydrogen (secondary N) is 1. The molecule has 19 heavy (non-hydrogen) atoms. The summed E-state index contributed by atoms with van der Waals surface area (Å²) in [5.41, 5.74) is 0.392. The van der Waals surface area contributed by atoms with Gasteiger partial charge in [0.15, 0.2) is 6.61 Å². The maximum absolute atomic E-state index is 12.3. The Morgan fingerprint density at radius 1 is 1.32 bits per heavy atom. The number of carbonyl (C=O) groups is 1. The molecule has 2 aliphatic rings. The van der Waals surface area contributed by atoms with E-state index in [1.807, 2.05) is 0 Å². The minimum atomic E-state index is -3.57. The minimum Gasteiger partial charge on any atom is -0.482 e. The Labute approximate surface area is 115 Å². The molecular weight excluding hydrogens is 292 g/mol. The first-order valence-corrected chi connectivity index (χ1v) is 7.56. The predicted molar refractivity (Wildman–Crippen MR) is 69.0 cm³/mol. The molecule has 1 N–H and O–H groups in total. The number of fused-ring (bicyclic) bond motifs is 1. The van der Waals surface area contributed by atoms with Crippen molar-refractivity contribution in [1.29, 1.82) is 0 Å². The fraction of sp³-hybridized carbons (Fsp3) is 0.364. The van der Waals surface area contributed by atoms with Crippen LogP contribution in [0.4, 0.5) is 5.69 Å². The van der Waals surface area contributed by atoms with Crippen LogP contribution in [-0.4, -0.2) is 38.3 Å². The van der Waals surface area contributed by atoms with E-state index in [1.54, 1.807) is 0 Å². The van der Waals surface area contributed by atoms with Crippen molar-refractivity contribution >= 4 is 33.2 Å². The van der Waals surface area contributed by atoms with Gasteiger partial charge in [0.25, 0.3) is 5.91 Å². The van der Waals surface area contributed by atoms with Crippen LogP contribution in [0.2, 0.25) is 5.02 Å². The van der Waals surface area contributed by atoms with Crippen LogP contribution < -0.4 is 10.1 Å². The number of amides is 1. The average Bonchev–Trinajstić information content (AvgIpc) is 2.24. The van der Waals surface area contributed by atoms with Crippen LogP contribution in [-0.2, 0) is 14.8 Å². The number of carbonyl (C=O) groups excluding carboxylic acids is 1. The van der Waals surface area contributed by atoms with Crippen molar-refractivity contribution in [2.75, 3.05) is 25.0 Å². The SMILES string of the molecule is O=C1COc2cc(S(=O)(=O)N3CCC3)c(Cl)cc2N1. The van der Waals surface area contributed by atoms with Gasteiger partial charge in [-0.2, -0.15) is 4.31 Å². The van der Waals surface area contributed by atoms with Crippen LogP contribution >= 0.6 is 11.6 Å². The van der Waals surface area contributed by atoms with Gasteiger partial charge in [0.2, 0.25) is 10.0 Å². The summed E-state index contributed by atoms with van der Waals surface area (Å²) in [6.07, 6.45) is 0.856. The Morgan fingerprint density at radius 2 is 2.05 bits per heavy atom. The third-order valence-electron chi connectivity index (χ3n) is 3.10. The molecule has 0 aromatic heterocycles. The first-order valence-electron chi connectivity index (χ1n) is 5.75. The second-order valence-electron chi connectivity index (χ2n) is 4.37. The Hall–Kier alpha value is -1.31. The molecule has 0 spiro atoms. The number of nitrogens with zero attached hydrogens (tertiary/aromatic N) is 1. The molecule has 0 atom stereocenters. The highest BCUT2D eigenvalue weighted by Crippen LogP contribution is 2.37. The number of hydrogen-bond acceptors (Lipinski definition) is 4. The number of rotatable bonds is 2. The summed E-state index contributed by atoms with van der Waals surface area (Å²) in [5.74, 6) is 0.0324. The quantitative estimate of drug-likeness (QED) is 0.886. The van der Waals surface area contributed by atoms with Crippen LogP contribution in [0.5, 0.6) is 5.75 Å². The summed E-state index contributed by atoms with van der Waals surface area (Å²) in [7, 11) is -3.57. The lowest BCUT2D eigenvalue weighted by Crippen LogP contribution is -2.42. The lowest BCUT2D eigenvalue weighted by Gasteiger charge is -2.30. The molecule has 2 aliphatic heterocycles. The smallest absolute Gasteiger partial charge is 0.262 e. The molecule has 2 heterocycles. The van der Waals surface area contributed by atoms with Crippen molar-refractivity contribution < 1.29 is 17.9 Å². The summed E-state index contributed by atoms with van der Waals surface area (Å²) in [6, 6.07) is 2.77. The maximum atomic E-state index is 12.3. The van der Waals surface area contributed by atoms with Gasteiger partial charge in [-0.15, -0.1) is 0 Å². The highest BCUT2D eigenvalue weighted by Gasteiger charge is 2.32. The lowest BCUT2D eigenvalue weighted by molar-refractivity contribution is -0.118. The largest absolute Gasteiger partial charge is 0.482 e. The standard InChI is InChI=1S/C11H11ClN2O4S/c12-7-4-8-9(18-6-11(15)13-8)5-10(7)19(16,17)14-2-1-3-14/h4-5H,1-3,6H2,(H,13,15). The van der Waals surface area contributed by atoms with Crippen molar-refractivity contribution in [1.82, 2.24) is 4.31 Å². The van der Waals surface area contributed by atoms with Gasteiger partial charge in [-0.25, -0.2) is 8.42 Å². The van der Waals surface area contributed by atoms with E-state index in [4.69, 9.17) is 16.3 Å². The maximum Gasteiger partial charge on any atom is 0.262 e. The third kappa shape index (κ3) is 2.07. The van der Waals surface area contributed by atoms with Gasteiger partial charge in [0.05, 0.1) is 10.7 Å². The van der Waals surface area contributed by atoms with E-state index < -0.39 is 10.0 Å². The van der Waals surface area contributed by atoms with E-state index >= 15 is 0 Å². The van der Waals surface area contributed by atoms with Gasteiger partial charge in [-0.3, -0.25) is 4.79 Å². The molecule has 1 amide bonds. The molecule has 102 valence electrons. The van der Waals surface area contributed by atoms with Gasteiger partial charge in [-0.05, 0) is 12.5 Å². The lowest BCUT2D eigenvalue weighted by atomic mass is 10.2. The Balaban J connectivity index is 2.06. The second-order valence-corrected chi connectivity index (χ2v) is 6.69. The normalized spacial score (nSPS) is 19.1. The first-order chi connectivity index (χ1) is 8.98. The van der Waals surface area contributed by atoms with Crippen molar-refractivity contribution in [2.24, 2.45) is 0 Å². The van der Waals surface area contributed by atoms with Gasteiger partial charge >= 0.3 is 0 Å². The number of sulfonamides is 1. The molecule has 3 rings (SSSR count). The summed E-state index contributed by atoms with van der Waals surface area (Å²) in [6.45, 7) is 0.887. The first kappa shape index (κ1) is 12.7. The monoisotopic (exact) mass is 302 g/mol. The summed E-state index contributed by atoms with van der Waals surface area (Å²) >= 11 is 6.01. The Kier molecular flexibility index (Phi) is 2.92. The van der Waals surface area contributed by atoms with Crippen LogP contribution in [0.3, 0.4) is 0 Å². The van der Waals surface area contributed by atoms with Crippen molar-refractivity contribution in [3.63, 3.8) is 0 Å². The number of benzene rings is 1. The fourth-order valence-corrected chi connectivity index (χ4v) is 3.98. The fourth-order valence-electron chi connectivity index (χ4n) is 1.95. The van der Waals surface area contributed by atoms with Crippen LogP contribution in [0.1, 0.15) is 6.42 Å². The van der Waals surface area contributed by atoms with Crippen molar-refractivity contribution in [3.05, 3.63) is 17.2 Å². The molecule has 1 aromatic carbocycles. The summed E-state index contributed by atoms with van der Waals surface area (Å²) in [4.78, 5) is 11.2. The zero-order valence-corrected chi connectivity index (χ0v) is 11.4. The van der Waals surface area contributed by atoms with E-state index in [0.29, 0.717) is 24.5 Å². The number of halogens is 1. The molecule has 0 radical (unpaired) electrons. The van der Waals surface area contributed by atoms with Gasteiger partial charge in [-0.1, -0.05) is 11.6 Å². The highest BCUT2D eigenvalue weighted by atomic mass is 35.5. The van der Waals surface area contributed by atoms with Gasteiger partial charge in [0.1, 0.15) is 10.6 Å². The van der Waals surface area contributed by atoms with Gasteiger partial charge < -0.3 is 10.1 Å². The minimum absolute atomic E-state index is 0.0174. The molecule has 8 heteroatoms. The average molecular weight is 303 g/mol. The Bertz CT molecular complexity index is 655. The van der Waals surface area contributed by atoms with E-state index in [9.17, 15) is 13.2 Å². The summed E-state index contributed by atoms with van der Waals surface area (Å²) in [5, 5.41) is 2.66. The third-order valence-corrected chi connectivity index (χ3v) is 5.46. The van der Waals surface area contributed by atoms with Crippen LogP contribution in [0.25, 0.3) is 0 Å². The van der Waals surface area contributed by atoms with Gasteiger partial charge in [0, 0.05) is 19.2 Å². The van der Waals surface area contributed by atoms with E-state index in [-0.39, 0.29) is 22.4 Å². The topological polar surface area (TPSA) is 75.7 Å². The highest BCUT2D eigenvalue weighted by molar-refractivity contribution is 7.89. The second kappa shape index (κ2) is 4.36. The zero-order valence-electron chi connectivity index (χ0n) is 9.85. The molecule has 1 aromatic rings. The van der Waals surface area contributed by atoms with E-state index in [1.165, 1.54) is 16.4 Å². The number of hydrogen-bond donors (Lipinski definition) is 1. The van der Waals surface area contributed by atoms with E-state index in [0.717, 1.165) is 6.42 Å². The summed E-state index contributed by atoms with van der Waals surface area (Å²) < 4.78 is 31.1.